The van der Waals surface area contributed by atoms with E-state index in [4.69, 9.17) is 0 Å². The summed E-state index contributed by atoms with van der Waals surface area (Å²) in [5.74, 6) is 0. The summed E-state index contributed by atoms with van der Waals surface area (Å²) in [6, 6.07) is 2.08. The third-order valence-electron chi connectivity index (χ3n) is 4.11. The zero-order valence-corrected chi connectivity index (χ0v) is 11.9. The number of hydrogen-bond acceptors (Lipinski definition) is 3. The van der Waals surface area contributed by atoms with Crippen LogP contribution < -0.4 is 0 Å². The first-order valence-electron chi connectivity index (χ1n) is 6.87. The van der Waals surface area contributed by atoms with E-state index in [1.165, 1.54) is 0 Å². The maximum atomic E-state index is 12.6. The van der Waals surface area contributed by atoms with Gasteiger partial charge in [-0.3, -0.25) is 0 Å². The Kier molecular flexibility index (Phi) is 3.19. The van der Waals surface area contributed by atoms with Gasteiger partial charge in [0.2, 0.25) is 10.0 Å². The second-order valence-electron chi connectivity index (χ2n) is 5.57. The summed E-state index contributed by atoms with van der Waals surface area (Å²) in [6.45, 7) is 2.45. The molecule has 3 rings (SSSR count). The van der Waals surface area contributed by atoms with Crippen molar-refractivity contribution in [3.63, 3.8) is 0 Å². The van der Waals surface area contributed by atoms with Gasteiger partial charge in [-0.1, -0.05) is 0 Å². The lowest BCUT2D eigenvalue weighted by molar-refractivity contribution is 0.270. The lowest BCUT2D eigenvalue weighted by Gasteiger charge is -2.19. The van der Waals surface area contributed by atoms with Gasteiger partial charge in [-0.15, -0.1) is 0 Å². The minimum Gasteiger partial charge on any atom is -0.390 e. The molecule has 1 saturated heterocycles. The largest absolute Gasteiger partial charge is 0.390 e. The Hall–Kier alpha value is -0.850. The summed E-state index contributed by atoms with van der Waals surface area (Å²) >= 11 is 0. The number of hydrogen-bond donors (Lipinski definition) is 1. The van der Waals surface area contributed by atoms with Crippen LogP contribution in [0, 0.1) is 0 Å². The molecule has 1 atom stereocenters. The fraction of sp³-hybridized carbons (Fsp3) is 0.692. The van der Waals surface area contributed by atoms with Crippen LogP contribution in [0.5, 0.6) is 0 Å². The van der Waals surface area contributed by atoms with E-state index in [1.807, 2.05) is 11.5 Å². The van der Waals surface area contributed by atoms with Crippen molar-refractivity contribution in [2.45, 2.75) is 56.2 Å². The SMILES string of the molecule is CC1CCCN1S(=O)(=O)c1cc(CO)n(C2CC2)c1. The lowest BCUT2D eigenvalue weighted by atomic mass is 10.3. The van der Waals surface area contributed by atoms with Gasteiger partial charge in [0.15, 0.2) is 0 Å². The lowest BCUT2D eigenvalue weighted by Crippen LogP contribution is -2.33. The van der Waals surface area contributed by atoms with Gasteiger partial charge >= 0.3 is 0 Å². The van der Waals surface area contributed by atoms with Gasteiger partial charge in [-0.05, 0) is 38.7 Å². The smallest absolute Gasteiger partial charge is 0.244 e. The van der Waals surface area contributed by atoms with E-state index in [-0.39, 0.29) is 12.6 Å². The van der Waals surface area contributed by atoms with E-state index >= 15 is 0 Å². The van der Waals surface area contributed by atoms with Crippen LogP contribution in [0.25, 0.3) is 0 Å². The molecular formula is C13H20N2O3S. The fourth-order valence-electron chi connectivity index (χ4n) is 2.86. The molecule has 0 amide bonds. The molecule has 0 aromatic carbocycles. The van der Waals surface area contributed by atoms with Gasteiger partial charge in [-0.2, -0.15) is 4.31 Å². The molecule has 5 nitrogen and oxygen atoms in total. The standard InChI is InChI=1S/C13H20N2O3S/c1-10-3-2-6-15(10)19(17,18)13-7-12(9-16)14(8-13)11-4-5-11/h7-8,10-11,16H,2-6,9H2,1H3. The number of nitrogens with zero attached hydrogens (tertiary/aromatic N) is 2. The Morgan fingerprint density at radius 2 is 2.11 bits per heavy atom. The zero-order chi connectivity index (χ0) is 13.6. The van der Waals surface area contributed by atoms with Crippen molar-refractivity contribution in [3.8, 4) is 0 Å². The van der Waals surface area contributed by atoms with Crippen LogP contribution in [0.1, 0.15) is 44.3 Å². The van der Waals surface area contributed by atoms with Crippen LogP contribution in [0.3, 0.4) is 0 Å². The summed E-state index contributed by atoms with van der Waals surface area (Å²) in [7, 11) is -3.40. The zero-order valence-electron chi connectivity index (χ0n) is 11.1. The average molecular weight is 284 g/mol. The van der Waals surface area contributed by atoms with Crippen molar-refractivity contribution in [1.82, 2.24) is 8.87 Å². The molecular weight excluding hydrogens is 264 g/mol. The highest BCUT2D eigenvalue weighted by Crippen LogP contribution is 2.38. The highest BCUT2D eigenvalue weighted by molar-refractivity contribution is 7.89. The molecule has 2 aliphatic rings. The van der Waals surface area contributed by atoms with Crippen molar-refractivity contribution >= 4 is 10.0 Å². The van der Waals surface area contributed by atoms with Crippen molar-refractivity contribution < 1.29 is 13.5 Å². The van der Waals surface area contributed by atoms with E-state index in [2.05, 4.69) is 0 Å². The molecule has 2 fully saturated rings. The molecule has 0 radical (unpaired) electrons. The van der Waals surface area contributed by atoms with Gasteiger partial charge in [0, 0.05) is 30.5 Å². The van der Waals surface area contributed by atoms with Gasteiger partial charge in [-0.25, -0.2) is 8.42 Å². The summed E-state index contributed by atoms with van der Waals surface area (Å²) in [5.41, 5.74) is 0.702. The van der Waals surface area contributed by atoms with E-state index in [9.17, 15) is 13.5 Å². The Morgan fingerprint density at radius 1 is 1.37 bits per heavy atom. The van der Waals surface area contributed by atoms with Crippen LogP contribution in [0.2, 0.25) is 0 Å². The highest BCUT2D eigenvalue weighted by atomic mass is 32.2. The Balaban J connectivity index is 1.96. The Labute approximate surface area is 113 Å². The molecule has 0 bridgehead atoms. The summed E-state index contributed by atoms with van der Waals surface area (Å²) in [6.07, 6.45) is 5.69. The van der Waals surface area contributed by atoms with Crippen molar-refractivity contribution in [3.05, 3.63) is 18.0 Å². The molecule has 1 N–H and O–H groups in total. The number of sulfonamides is 1. The molecule has 1 aromatic rings. The van der Waals surface area contributed by atoms with Gasteiger partial charge in [0.25, 0.3) is 0 Å². The molecule has 1 unspecified atom stereocenters. The molecule has 6 heteroatoms. The minimum absolute atomic E-state index is 0.0758. The van der Waals surface area contributed by atoms with Crippen LogP contribution >= 0.6 is 0 Å². The third-order valence-corrected chi connectivity index (χ3v) is 6.09. The highest BCUT2D eigenvalue weighted by Gasteiger charge is 2.35. The quantitative estimate of drug-likeness (QED) is 0.911. The molecule has 1 aliphatic heterocycles. The second-order valence-corrected chi connectivity index (χ2v) is 7.46. The van der Waals surface area contributed by atoms with Crippen molar-refractivity contribution in [2.24, 2.45) is 0 Å². The molecule has 106 valence electrons. The van der Waals surface area contributed by atoms with E-state index in [0.29, 0.717) is 23.2 Å². The molecule has 1 saturated carbocycles. The first-order chi connectivity index (χ1) is 9.04. The predicted octanol–water partition coefficient (Wildman–Crippen LogP) is 1.49. The third kappa shape index (κ3) is 2.22. The topological polar surface area (TPSA) is 62.5 Å². The molecule has 2 heterocycles. The molecule has 19 heavy (non-hydrogen) atoms. The van der Waals surface area contributed by atoms with Gasteiger partial charge in [0.1, 0.15) is 4.90 Å². The van der Waals surface area contributed by atoms with E-state index < -0.39 is 10.0 Å². The Morgan fingerprint density at radius 3 is 2.63 bits per heavy atom. The number of aliphatic hydroxyl groups excluding tert-OH is 1. The van der Waals surface area contributed by atoms with Crippen molar-refractivity contribution in [2.75, 3.05) is 6.54 Å². The first-order valence-corrected chi connectivity index (χ1v) is 8.31. The summed E-state index contributed by atoms with van der Waals surface area (Å²) < 4.78 is 28.7. The average Bonchev–Trinajstić information content (AvgIpc) is 2.96. The normalized spacial score (nSPS) is 25.1. The van der Waals surface area contributed by atoms with E-state index in [1.54, 1.807) is 16.6 Å². The Bertz CT molecular complexity index is 575. The molecule has 0 spiro atoms. The summed E-state index contributed by atoms with van der Waals surface area (Å²) in [5, 5.41) is 9.36. The van der Waals surface area contributed by atoms with Crippen LogP contribution in [-0.4, -0.2) is 35.0 Å². The maximum Gasteiger partial charge on any atom is 0.244 e. The first kappa shape index (κ1) is 13.1. The number of aromatic nitrogens is 1. The minimum atomic E-state index is -3.40. The maximum absolute atomic E-state index is 12.6. The monoisotopic (exact) mass is 284 g/mol. The predicted molar refractivity (Wildman–Crippen MR) is 71.2 cm³/mol. The summed E-state index contributed by atoms with van der Waals surface area (Å²) in [4.78, 5) is 0.331. The molecule has 1 aliphatic carbocycles. The number of rotatable bonds is 4. The second kappa shape index (κ2) is 4.61. The fourth-order valence-corrected chi connectivity index (χ4v) is 4.61. The van der Waals surface area contributed by atoms with Gasteiger partial charge in [0.05, 0.1) is 6.61 Å². The number of aliphatic hydroxyl groups is 1. The molecule has 1 aromatic heterocycles. The van der Waals surface area contributed by atoms with Crippen LogP contribution in [0.15, 0.2) is 17.2 Å². The van der Waals surface area contributed by atoms with Crippen molar-refractivity contribution in [1.29, 1.82) is 0 Å². The van der Waals surface area contributed by atoms with Crippen LogP contribution in [0.4, 0.5) is 0 Å². The van der Waals surface area contributed by atoms with Gasteiger partial charge < -0.3 is 9.67 Å². The van der Waals surface area contributed by atoms with Crippen LogP contribution in [-0.2, 0) is 16.6 Å². The van der Waals surface area contributed by atoms with E-state index in [0.717, 1.165) is 25.7 Å².